The maximum absolute atomic E-state index is 13.9. The summed E-state index contributed by atoms with van der Waals surface area (Å²) >= 11 is 0. The Morgan fingerprint density at radius 3 is 2.04 bits per heavy atom. The lowest BCUT2D eigenvalue weighted by Gasteiger charge is -2.34. The third kappa shape index (κ3) is 12.9. The van der Waals surface area contributed by atoms with Crippen molar-refractivity contribution in [2.45, 2.75) is 129 Å². The van der Waals surface area contributed by atoms with E-state index in [1.807, 2.05) is 70.2 Å². The Kier molecular flexibility index (Phi) is 18.1. The van der Waals surface area contributed by atoms with Crippen LogP contribution in [0.15, 0.2) is 54.6 Å². The van der Waals surface area contributed by atoms with Gasteiger partial charge in [-0.1, -0.05) is 120 Å². The highest BCUT2D eigenvalue weighted by Gasteiger charge is 2.38. The Labute approximate surface area is 320 Å². The van der Waals surface area contributed by atoms with Crippen molar-refractivity contribution < 1.29 is 34.7 Å². The summed E-state index contributed by atoms with van der Waals surface area (Å²) in [7, 11) is -2.91. The minimum Gasteiger partial charge on any atom is -0.412 e. The quantitative estimate of drug-likeness (QED) is 0.0932. The second-order valence-corrected chi connectivity index (χ2v) is 18.9. The summed E-state index contributed by atoms with van der Waals surface area (Å²) in [5.74, 6) is -1.62. The Morgan fingerprint density at radius 2 is 1.43 bits per heavy atom. The van der Waals surface area contributed by atoms with Gasteiger partial charge in [-0.05, 0) is 60.4 Å². The van der Waals surface area contributed by atoms with E-state index in [0.29, 0.717) is 48.5 Å². The fourth-order valence-electron chi connectivity index (χ4n) is 7.61. The van der Waals surface area contributed by atoms with E-state index < -0.39 is 37.0 Å². The maximum atomic E-state index is 13.9. The number of aliphatic hydroxyl groups excluding tert-OH is 1. The van der Waals surface area contributed by atoms with Gasteiger partial charge in [0.15, 0.2) is 0 Å². The first-order valence-corrected chi connectivity index (χ1v) is 21.8. The van der Waals surface area contributed by atoms with Crippen LogP contribution in [0.3, 0.4) is 0 Å². The minimum atomic E-state index is -2.91. The molecule has 1 aromatic heterocycles. The number of nitrogens with zero attached hydrogens (tertiary/aromatic N) is 3. The fraction of sp³-hybridized carbons (Fsp3) is 0.625. The number of carbonyl (C=O) groups is 3. The lowest BCUT2D eigenvalue weighted by molar-refractivity contribution is -0.133. The van der Waals surface area contributed by atoms with E-state index >= 15 is 0 Å². The molecule has 7 N–H and O–H groups in total. The summed E-state index contributed by atoms with van der Waals surface area (Å²) in [5, 5.41) is 36.5. The average molecular weight is 771 g/mol. The average Bonchev–Trinajstić information content (AvgIpc) is 3.85. The number of para-hydroxylation sites is 1. The van der Waals surface area contributed by atoms with Gasteiger partial charge in [-0.25, -0.2) is 0 Å². The van der Waals surface area contributed by atoms with Crippen LogP contribution in [0.4, 0.5) is 0 Å². The maximum Gasteiger partial charge on any atom is 0.243 e. The van der Waals surface area contributed by atoms with Crippen molar-refractivity contribution in [2.75, 3.05) is 12.3 Å². The Bertz CT molecular complexity index is 1630. The molecule has 13 nitrogen and oxygen atoms in total. The molecule has 2 aromatic carbocycles. The summed E-state index contributed by atoms with van der Waals surface area (Å²) in [6.07, 6.45) is 11.2. The second kappa shape index (κ2) is 21.9. The standard InChI is InChI=1S/C34H56N3O5P.C6H5N3O.H2O/c1-5-43(42,6-2)34(41)30(23-26-17-11-8-12-18-26)37-32(39)28(21-24(3)4)36-33(40)29(22-25-15-9-7-10-16-25)35-31(38)27-19-13-14-20-27;10-9-6-4-2-1-3-5(6)7-8-9;/h7,9-10,15-16,24,26-30,34,41H,5-6,8,11-14,17-23H2,1-4H3,(H,35,38)(H,36,40)(H,37,39);1-4,10H;1H2/t28-,29-,30-,34?;;/m0../s1. The molecule has 3 amide bonds. The number of aromatic nitrogens is 3. The molecule has 2 fully saturated rings. The molecule has 0 radical (unpaired) electrons. The SMILES string of the molecule is CCP(=O)(CC)C(O)[C@H](CC1CCCCC1)NC(=O)[C@H](CC(C)C)NC(=O)[C@H](Cc1ccccc1)NC(=O)C1CCCC1.O.On1nnc2ccccc21. The van der Waals surface area contributed by atoms with Gasteiger partial charge in [0.1, 0.15) is 36.1 Å². The van der Waals surface area contributed by atoms with Crippen LogP contribution in [-0.2, 0) is 25.4 Å². The number of aliphatic hydroxyl groups is 1. The zero-order chi connectivity index (χ0) is 38.4. The zero-order valence-electron chi connectivity index (χ0n) is 32.5. The molecule has 4 atom stereocenters. The summed E-state index contributed by atoms with van der Waals surface area (Å²) in [5.41, 5.74) is 2.25. The van der Waals surface area contributed by atoms with Gasteiger partial charge < -0.3 is 36.3 Å². The predicted molar refractivity (Wildman–Crippen MR) is 212 cm³/mol. The number of benzene rings is 2. The Morgan fingerprint density at radius 1 is 0.833 bits per heavy atom. The number of hydrogen-bond acceptors (Lipinski definition) is 8. The number of hydrogen-bond donors (Lipinski definition) is 5. The molecule has 0 saturated heterocycles. The highest BCUT2D eigenvalue weighted by Crippen LogP contribution is 2.51. The minimum absolute atomic E-state index is 0. The van der Waals surface area contributed by atoms with Crippen molar-refractivity contribution >= 4 is 35.9 Å². The predicted octanol–water partition coefficient (Wildman–Crippen LogP) is 5.46. The first-order valence-electron chi connectivity index (χ1n) is 19.6. The van der Waals surface area contributed by atoms with Crippen molar-refractivity contribution in [1.82, 2.24) is 31.1 Å². The topological polar surface area (TPSA) is 207 Å². The largest absolute Gasteiger partial charge is 0.412 e. The third-order valence-corrected chi connectivity index (χ3v) is 14.3. The molecule has 0 spiro atoms. The van der Waals surface area contributed by atoms with E-state index in [1.165, 1.54) is 6.42 Å². The summed E-state index contributed by atoms with van der Waals surface area (Å²) in [6, 6.07) is 14.5. The molecule has 54 heavy (non-hydrogen) atoms. The molecule has 2 aliphatic carbocycles. The molecule has 5 rings (SSSR count). The first kappa shape index (κ1) is 44.6. The van der Waals surface area contributed by atoms with E-state index in [1.54, 1.807) is 12.1 Å². The van der Waals surface area contributed by atoms with Crippen molar-refractivity contribution in [1.29, 1.82) is 0 Å². The lowest BCUT2D eigenvalue weighted by Crippen LogP contribution is -2.57. The van der Waals surface area contributed by atoms with Crippen LogP contribution >= 0.6 is 7.14 Å². The fourth-order valence-corrected chi connectivity index (χ4v) is 9.66. The molecular formula is C40H63N6O7P. The van der Waals surface area contributed by atoms with Gasteiger partial charge in [0.25, 0.3) is 0 Å². The number of amides is 3. The molecule has 3 aromatic rings. The van der Waals surface area contributed by atoms with Gasteiger partial charge in [0.2, 0.25) is 17.7 Å². The summed E-state index contributed by atoms with van der Waals surface area (Å²) in [6.45, 7) is 7.65. The van der Waals surface area contributed by atoms with Crippen molar-refractivity contribution in [3.8, 4) is 0 Å². The van der Waals surface area contributed by atoms with Crippen molar-refractivity contribution in [3.63, 3.8) is 0 Å². The van der Waals surface area contributed by atoms with Gasteiger partial charge in [-0.15, -0.1) is 5.10 Å². The van der Waals surface area contributed by atoms with E-state index in [-0.39, 0.29) is 29.1 Å². The normalized spacial score (nSPS) is 17.4. The van der Waals surface area contributed by atoms with Crippen LogP contribution in [-0.4, -0.2) is 85.0 Å². The van der Waals surface area contributed by atoms with E-state index in [2.05, 4.69) is 26.3 Å². The molecule has 1 heterocycles. The smallest absolute Gasteiger partial charge is 0.243 e. The number of rotatable bonds is 16. The molecular weight excluding hydrogens is 707 g/mol. The molecule has 0 bridgehead atoms. The van der Waals surface area contributed by atoms with Gasteiger partial charge >= 0.3 is 0 Å². The Hall–Kier alpha value is -3.80. The Balaban J connectivity index is 0.000000608. The van der Waals surface area contributed by atoms with Crippen LogP contribution in [0.5, 0.6) is 0 Å². The van der Waals surface area contributed by atoms with E-state index in [9.17, 15) is 24.1 Å². The number of fused-ring (bicyclic) bond motifs is 1. The van der Waals surface area contributed by atoms with E-state index in [4.69, 9.17) is 5.21 Å². The van der Waals surface area contributed by atoms with Crippen LogP contribution < -0.4 is 16.0 Å². The van der Waals surface area contributed by atoms with Crippen molar-refractivity contribution in [2.24, 2.45) is 17.8 Å². The summed E-state index contributed by atoms with van der Waals surface area (Å²) < 4.78 is 13.6. The molecule has 14 heteroatoms. The zero-order valence-corrected chi connectivity index (χ0v) is 33.3. The number of carbonyl (C=O) groups excluding carboxylic acids is 3. The molecule has 300 valence electrons. The molecule has 0 aliphatic heterocycles. The van der Waals surface area contributed by atoms with Gasteiger partial charge in [-0.2, -0.15) is 0 Å². The molecule has 1 unspecified atom stereocenters. The molecule has 2 saturated carbocycles. The third-order valence-electron chi connectivity index (χ3n) is 10.9. The van der Waals surface area contributed by atoms with Crippen LogP contribution in [0.2, 0.25) is 0 Å². The lowest BCUT2D eigenvalue weighted by atomic mass is 9.85. The highest BCUT2D eigenvalue weighted by molar-refractivity contribution is 7.64. The molecule has 2 aliphatic rings. The summed E-state index contributed by atoms with van der Waals surface area (Å²) in [4.78, 5) is 41.5. The first-order chi connectivity index (χ1) is 25.4. The van der Waals surface area contributed by atoms with Gasteiger partial charge in [-0.3, -0.25) is 14.4 Å². The van der Waals surface area contributed by atoms with Crippen molar-refractivity contribution in [3.05, 3.63) is 60.2 Å². The monoisotopic (exact) mass is 770 g/mol. The van der Waals surface area contributed by atoms with Crippen LogP contribution in [0.1, 0.15) is 104 Å². The highest BCUT2D eigenvalue weighted by atomic mass is 31.2. The van der Waals surface area contributed by atoms with Crippen LogP contribution in [0, 0.1) is 17.8 Å². The second-order valence-electron chi connectivity index (χ2n) is 15.2. The van der Waals surface area contributed by atoms with Gasteiger partial charge in [0.05, 0.1) is 6.04 Å². The number of nitrogens with one attached hydrogen (secondary N) is 3. The van der Waals surface area contributed by atoms with Crippen LogP contribution in [0.25, 0.3) is 11.0 Å². The van der Waals surface area contributed by atoms with E-state index in [0.717, 1.165) is 61.8 Å². The van der Waals surface area contributed by atoms with Gasteiger partial charge in [0, 0.05) is 24.7 Å².